The molecule has 22 nitrogen and oxygen atoms in total. The van der Waals surface area contributed by atoms with Crippen LogP contribution in [0.25, 0.3) is 11.2 Å². The molecule has 2 aromatic heterocycles. The number of rotatable bonds is 10. The Balaban J connectivity index is 1.68. The molecule has 0 radical (unpaired) electrons. The predicted octanol–water partition coefficient (Wildman–Crippen LogP) is -2.22. The lowest BCUT2D eigenvalue weighted by molar-refractivity contribution is -0.0503. The van der Waals surface area contributed by atoms with Gasteiger partial charge in [-0.05, 0) is 0 Å². The van der Waals surface area contributed by atoms with Gasteiger partial charge in [0.25, 0.3) is 5.56 Å². The number of phosphoric ester groups is 1. The molecule has 36 heavy (non-hydrogen) atoms. The third kappa shape index (κ3) is 7.12. The molecule has 1 aliphatic heterocycles. The number of nitrogen functional groups attached to an aromatic ring is 1. The number of imidazole rings is 1. The van der Waals surface area contributed by atoms with E-state index in [1.165, 1.54) is 0 Å². The number of ether oxygens (including phenoxy) is 1. The van der Waals surface area contributed by atoms with Crippen LogP contribution >= 0.6 is 31.3 Å². The van der Waals surface area contributed by atoms with E-state index >= 15 is 0 Å². The fourth-order valence-corrected chi connectivity index (χ4v) is 7.30. The molecule has 7 atom stereocenters. The quantitative estimate of drug-likeness (QED) is 0.130. The van der Waals surface area contributed by atoms with Gasteiger partial charge < -0.3 is 45.2 Å². The van der Waals surface area contributed by atoms with Gasteiger partial charge in [0.05, 0.1) is 12.9 Å². The van der Waals surface area contributed by atoms with Crippen LogP contribution in [0, 0.1) is 0 Å². The van der Waals surface area contributed by atoms with Gasteiger partial charge in [0.1, 0.15) is 18.3 Å². The second kappa shape index (κ2) is 10.0. The number of aliphatic hydroxyl groups is 2. The molecule has 10 N–H and O–H groups in total. The summed E-state index contributed by atoms with van der Waals surface area (Å²) in [6.45, 7) is -1.11. The summed E-state index contributed by atoms with van der Waals surface area (Å²) in [5.41, 5.74) is 4.38. The molecule has 2 aromatic rings. The molecule has 26 heteroatoms. The van der Waals surface area contributed by atoms with Crippen LogP contribution in [0.5, 0.6) is 0 Å². The zero-order valence-corrected chi connectivity index (χ0v) is 20.6. The standard InChI is InChI=1S/C10H17N5O17P4/c11-10-13-7-4(8(18)14-10)12-2-15(7)9-6(17)5(16)3(29-9)1-28-34(22,23)31-36(26,27)32-35(24,25)30-33(19,20)21/h2-3,5-6,9,16-17H,1H2,(H,22,23)(H,24,25)(H,26,27)(H2,19,20,21)(H3,11,13,14,18). The van der Waals surface area contributed by atoms with Gasteiger partial charge in [-0.1, -0.05) is 0 Å². The highest BCUT2D eigenvalue weighted by Crippen LogP contribution is 2.70. The average molecular weight is 603 g/mol. The number of anilines is 1. The van der Waals surface area contributed by atoms with Crippen LogP contribution < -0.4 is 11.3 Å². The first kappa shape index (κ1) is 29.2. The molecular formula is C10H17N5O17P4. The van der Waals surface area contributed by atoms with Crippen molar-refractivity contribution in [3.05, 3.63) is 16.7 Å². The Morgan fingerprint density at radius 2 is 1.58 bits per heavy atom. The molecule has 3 rings (SSSR count). The maximum Gasteiger partial charge on any atom is 0.490 e. The topological polar surface area (TPSA) is 346 Å². The van der Waals surface area contributed by atoms with Crippen molar-refractivity contribution in [2.45, 2.75) is 24.5 Å². The second-order valence-corrected chi connectivity index (χ2v) is 12.8. The Morgan fingerprint density at radius 1 is 1.00 bits per heavy atom. The summed E-state index contributed by atoms with van der Waals surface area (Å²) in [5.74, 6) is -0.310. The van der Waals surface area contributed by atoms with Gasteiger partial charge in [-0.2, -0.15) is 17.9 Å². The van der Waals surface area contributed by atoms with Crippen molar-refractivity contribution < 1.29 is 75.1 Å². The summed E-state index contributed by atoms with van der Waals surface area (Å²) in [4.78, 5) is 66.6. The molecular weight excluding hydrogens is 586 g/mol. The van der Waals surface area contributed by atoms with Gasteiger partial charge in [0.2, 0.25) is 5.95 Å². The Labute approximate surface area is 197 Å². The number of nitrogens with one attached hydrogen (secondary N) is 1. The number of aromatic amines is 1. The number of nitrogens with two attached hydrogens (primary N) is 1. The largest absolute Gasteiger partial charge is 0.490 e. The summed E-state index contributed by atoms with van der Waals surface area (Å²) >= 11 is 0. The Kier molecular flexibility index (Phi) is 8.14. The van der Waals surface area contributed by atoms with E-state index in [1.54, 1.807) is 0 Å². The van der Waals surface area contributed by atoms with Crippen LogP contribution in [-0.2, 0) is 40.5 Å². The summed E-state index contributed by atoms with van der Waals surface area (Å²) in [7, 11) is -23.4. The number of hydrogen-bond acceptors (Lipinski definition) is 15. The van der Waals surface area contributed by atoms with Gasteiger partial charge in [-0.15, -0.1) is 0 Å². The Hall–Kier alpha value is -1.41. The number of aromatic nitrogens is 4. The summed E-state index contributed by atoms with van der Waals surface area (Å²) < 4.78 is 66.7. The van der Waals surface area contributed by atoms with E-state index in [0.29, 0.717) is 0 Å². The lowest BCUT2D eigenvalue weighted by atomic mass is 10.1. The minimum atomic E-state index is -6.04. The van der Waals surface area contributed by atoms with Crippen LogP contribution in [0.15, 0.2) is 11.1 Å². The van der Waals surface area contributed by atoms with Gasteiger partial charge in [0.15, 0.2) is 17.4 Å². The minimum Gasteiger partial charge on any atom is -0.387 e. The van der Waals surface area contributed by atoms with Crippen molar-refractivity contribution in [3.8, 4) is 0 Å². The van der Waals surface area contributed by atoms with Crippen LogP contribution in [0.2, 0.25) is 0 Å². The fraction of sp³-hybridized carbons (Fsp3) is 0.500. The molecule has 0 aromatic carbocycles. The summed E-state index contributed by atoms with van der Waals surface area (Å²) in [5, 5.41) is 20.5. The van der Waals surface area contributed by atoms with Crippen molar-refractivity contribution in [2.24, 2.45) is 0 Å². The van der Waals surface area contributed by atoms with Gasteiger partial charge in [-0.3, -0.25) is 18.9 Å². The molecule has 7 unspecified atom stereocenters. The highest BCUT2D eigenvalue weighted by atomic mass is 31.3. The van der Waals surface area contributed by atoms with Crippen LogP contribution in [-0.4, -0.2) is 79.1 Å². The Morgan fingerprint density at radius 3 is 2.19 bits per heavy atom. The van der Waals surface area contributed by atoms with E-state index < -0.39 is 68.0 Å². The van der Waals surface area contributed by atoms with Gasteiger partial charge in [0, 0.05) is 0 Å². The smallest absolute Gasteiger partial charge is 0.387 e. The third-order valence-corrected chi connectivity index (χ3v) is 9.54. The number of aliphatic hydroxyl groups excluding tert-OH is 2. The first-order chi connectivity index (χ1) is 16.3. The number of H-pyrrole nitrogens is 1. The van der Waals surface area contributed by atoms with E-state index in [9.17, 15) is 43.1 Å². The molecule has 1 fully saturated rings. The van der Waals surface area contributed by atoms with Crippen LogP contribution in [0.1, 0.15) is 6.23 Å². The van der Waals surface area contributed by atoms with E-state index in [4.69, 9.17) is 25.2 Å². The zero-order valence-electron chi connectivity index (χ0n) is 17.0. The highest BCUT2D eigenvalue weighted by molar-refractivity contribution is 7.69. The van der Waals surface area contributed by atoms with Gasteiger partial charge in [-0.25, -0.2) is 23.2 Å². The maximum atomic E-state index is 12.0. The molecule has 0 bridgehead atoms. The van der Waals surface area contributed by atoms with Crippen molar-refractivity contribution in [3.63, 3.8) is 0 Å². The van der Waals surface area contributed by atoms with Crippen molar-refractivity contribution >= 4 is 48.4 Å². The summed E-state index contributed by atoms with van der Waals surface area (Å²) in [6.07, 6.45) is -5.66. The van der Waals surface area contributed by atoms with Crippen molar-refractivity contribution in [1.82, 2.24) is 19.5 Å². The Bertz CT molecular complexity index is 1390. The average Bonchev–Trinajstić information content (AvgIpc) is 3.18. The predicted molar refractivity (Wildman–Crippen MR) is 109 cm³/mol. The number of hydrogen-bond donors (Lipinski definition) is 9. The number of fused-ring (bicyclic) bond motifs is 1. The first-order valence-corrected chi connectivity index (χ1v) is 14.9. The molecule has 0 aliphatic carbocycles. The van der Waals surface area contributed by atoms with Crippen LogP contribution in [0.4, 0.5) is 5.95 Å². The normalized spacial score (nSPS) is 28.0. The van der Waals surface area contributed by atoms with E-state index in [1.807, 2.05) is 0 Å². The lowest BCUT2D eigenvalue weighted by Gasteiger charge is -2.20. The number of phosphoric acid groups is 4. The van der Waals surface area contributed by atoms with Crippen LogP contribution in [0.3, 0.4) is 0 Å². The lowest BCUT2D eigenvalue weighted by Crippen LogP contribution is -2.33. The molecule has 0 spiro atoms. The third-order valence-electron chi connectivity index (χ3n) is 4.09. The van der Waals surface area contributed by atoms with Crippen molar-refractivity contribution in [1.29, 1.82) is 0 Å². The fourth-order valence-electron chi connectivity index (χ4n) is 2.84. The molecule has 204 valence electrons. The number of nitrogens with zero attached hydrogens (tertiary/aromatic N) is 3. The molecule has 0 amide bonds. The summed E-state index contributed by atoms with van der Waals surface area (Å²) in [6, 6.07) is 0. The maximum absolute atomic E-state index is 12.0. The van der Waals surface area contributed by atoms with E-state index in [0.717, 1.165) is 10.9 Å². The van der Waals surface area contributed by atoms with E-state index in [-0.39, 0.29) is 17.1 Å². The molecule has 3 heterocycles. The monoisotopic (exact) mass is 603 g/mol. The SMILES string of the molecule is Nc1nc2c(ncn2C2OC(COP(=O)(O)OP(=O)(O)OP(=O)(O)OP(=O)(O)O)C(O)C2O)c(=O)[nH]1. The van der Waals surface area contributed by atoms with E-state index in [2.05, 4.69) is 32.4 Å². The minimum absolute atomic E-state index is 0.158. The van der Waals surface area contributed by atoms with Gasteiger partial charge >= 0.3 is 31.3 Å². The molecule has 0 saturated carbocycles. The molecule has 1 aliphatic rings. The second-order valence-electron chi connectivity index (χ2n) is 6.76. The van der Waals surface area contributed by atoms with Crippen molar-refractivity contribution in [2.75, 3.05) is 12.3 Å². The first-order valence-electron chi connectivity index (χ1n) is 8.85. The highest BCUT2D eigenvalue weighted by Gasteiger charge is 2.48. The molecule has 1 saturated heterocycles. The zero-order chi connectivity index (χ0) is 27.3.